The average Bonchev–Trinajstić information content (AvgIpc) is 2.41. The van der Waals surface area contributed by atoms with Crippen molar-refractivity contribution < 1.29 is 4.74 Å². The molecular weight excluding hydrogens is 232 g/mol. The molecule has 0 saturated heterocycles. The molecule has 19 heavy (non-hydrogen) atoms. The fourth-order valence-corrected chi connectivity index (χ4v) is 2.69. The molecule has 1 heteroatoms. The SMILES string of the molecule is CCCCCCCCCCC(C)CCCCCOC. The second kappa shape index (κ2) is 16.0. The van der Waals surface area contributed by atoms with Crippen molar-refractivity contribution in [3.05, 3.63) is 0 Å². The lowest BCUT2D eigenvalue weighted by atomic mass is 9.96. The van der Waals surface area contributed by atoms with Crippen molar-refractivity contribution in [2.24, 2.45) is 5.92 Å². The summed E-state index contributed by atoms with van der Waals surface area (Å²) in [5.74, 6) is 0.933. The number of unbranched alkanes of at least 4 members (excludes halogenated alkanes) is 9. The van der Waals surface area contributed by atoms with Gasteiger partial charge in [-0.15, -0.1) is 0 Å². The summed E-state index contributed by atoms with van der Waals surface area (Å²) in [6.07, 6.45) is 18.4. The van der Waals surface area contributed by atoms with Crippen LogP contribution in [0, 0.1) is 5.92 Å². The van der Waals surface area contributed by atoms with Gasteiger partial charge in [0.1, 0.15) is 0 Å². The van der Waals surface area contributed by atoms with E-state index in [0.29, 0.717) is 0 Å². The Hall–Kier alpha value is -0.0400. The van der Waals surface area contributed by atoms with Crippen LogP contribution in [0.25, 0.3) is 0 Å². The largest absolute Gasteiger partial charge is 0.385 e. The zero-order chi connectivity index (χ0) is 14.2. The minimum atomic E-state index is 0.933. The van der Waals surface area contributed by atoms with Crippen LogP contribution in [0.5, 0.6) is 0 Å². The maximum atomic E-state index is 5.08. The summed E-state index contributed by atoms with van der Waals surface area (Å²) in [6.45, 7) is 5.65. The Labute approximate surface area is 122 Å². The van der Waals surface area contributed by atoms with Crippen LogP contribution in [0.3, 0.4) is 0 Å². The van der Waals surface area contributed by atoms with E-state index in [0.717, 1.165) is 12.5 Å². The fraction of sp³-hybridized carbons (Fsp3) is 1.00. The van der Waals surface area contributed by atoms with E-state index in [1.165, 1.54) is 83.5 Å². The quantitative estimate of drug-likeness (QED) is 0.315. The molecule has 0 aromatic heterocycles. The van der Waals surface area contributed by atoms with Crippen LogP contribution in [-0.4, -0.2) is 13.7 Å². The van der Waals surface area contributed by atoms with Gasteiger partial charge in [0.05, 0.1) is 0 Å². The Kier molecular flexibility index (Phi) is 16.0. The first kappa shape index (κ1) is 19.0. The van der Waals surface area contributed by atoms with Crippen LogP contribution < -0.4 is 0 Å². The number of hydrogen-bond donors (Lipinski definition) is 0. The van der Waals surface area contributed by atoms with E-state index in [2.05, 4.69) is 13.8 Å². The smallest absolute Gasteiger partial charge is 0.0462 e. The van der Waals surface area contributed by atoms with Gasteiger partial charge in [-0.1, -0.05) is 90.9 Å². The molecule has 0 aromatic carbocycles. The lowest BCUT2D eigenvalue weighted by Crippen LogP contribution is -1.96. The third-order valence-electron chi connectivity index (χ3n) is 4.10. The van der Waals surface area contributed by atoms with Crippen molar-refractivity contribution in [1.82, 2.24) is 0 Å². The Morgan fingerprint density at radius 1 is 0.684 bits per heavy atom. The highest BCUT2D eigenvalue weighted by atomic mass is 16.5. The first-order valence-corrected chi connectivity index (χ1v) is 8.80. The van der Waals surface area contributed by atoms with Crippen LogP contribution in [-0.2, 0) is 4.74 Å². The molecule has 0 saturated carbocycles. The third-order valence-corrected chi connectivity index (χ3v) is 4.10. The second-order valence-electron chi connectivity index (χ2n) is 6.21. The van der Waals surface area contributed by atoms with Crippen LogP contribution in [0.4, 0.5) is 0 Å². The van der Waals surface area contributed by atoms with E-state index in [1.54, 1.807) is 7.11 Å². The summed E-state index contributed by atoms with van der Waals surface area (Å²) in [5.41, 5.74) is 0. The van der Waals surface area contributed by atoms with Gasteiger partial charge < -0.3 is 4.74 Å². The van der Waals surface area contributed by atoms with E-state index >= 15 is 0 Å². The maximum absolute atomic E-state index is 5.08. The minimum absolute atomic E-state index is 0.933. The predicted molar refractivity (Wildman–Crippen MR) is 86.7 cm³/mol. The maximum Gasteiger partial charge on any atom is 0.0462 e. The van der Waals surface area contributed by atoms with Crippen molar-refractivity contribution >= 4 is 0 Å². The highest BCUT2D eigenvalue weighted by Gasteiger charge is 2.01. The molecule has 1 atom stereocenters. The molecule has 1 nitrogen and oxygen atoms in total. The molecule has 0 aliphatic carbocycles. The van der Waals surface area contributed by atoms with Crippen LogP contribution >= 0.6 is 0 Å². The second-order valence-corrected chi connectivity index (χ2v) is 6.21. The zero-order valence-corrected chi connectivity index (χ0v) is 13.9. The van der Waals surface area contributed by atoms with Crippen LogP contribution in [0.2, 0.25) is 0 Å². The third kappa shape index (κ3) is 15.9. The molecule has 0 aromatic rings. The molecular formula is C18H38O. The number of ether oxygens (including phenoxy) is 1. The van der Waals surface area contributed by atoms with Crippen molar-refractivity contribution in [2.75, 3.05) is 13.7 Å². The summed E-state index contributed by atoms with van der Waals surface area (Å²) in [4.78, 5) is 0. The number of methoxy groups -OCH3 is 1. The molecule has 0 radical (unpaired) electrons. The zero-order valence-electron chi connectivity index (χ0n) is 13.9. The Morgan fingerprint density at radius 2 is 1.16 bits per heavy atom. The van der Waals surface area contributed by atoms with Crippen molar-refractivity contribution in [3.63, 3.8) is 0 Å². The van der Waals surface area contributed by atoms with Crippen LogP contribution in [0.1, 0.15) is 97.3 Å². The number of rotatable bonds is 15. The first-order chi connectivity index (χ1) is 9.31. The summed E-state index contributed by atoms with van der Waals surface area (Å²) in [5, 5.41) is 0. The van der Waals surface area contributed by atoms with Gasteiger partial charge in [0.2, 0.25) is 0 Å². The molecule has 0 N–H and O–H groups in total. The van der Waals surface area contributed by atoms with Crippen molar-refractivity contribution in [3.8, 4) is 0 Å². The lowest BCUT2D eigenvalue weighted by molar-refractivity contribution is 0.191. The van der Waals surface area contributed by atoms with Crippen LogP contribution in [0.15, 0.2) is 0 Å². The molecule has 0 fully saturated rings. The Balaban J connectivity index is 3.09. The molecule has 0 aliphatic heterocycles. The highest BCUT2D eigenvalue weighted by Crippen LogP contribution is 2.17. The molecule has 0 aliphatic rings. The Bertz CT molecular complexity index is 156. The van der Waals surface area contributed by atoms with Crippen molar-refractivity contribution in [1.29, 1.82) is 0 Å². The monoisotopic (exact) mass is 270 g/mol. The van der Waals surface area contributed by atoms with E-state index in [4.69, 9.17) is 4.74 Å². The van der Waals surface area contributed by atoms with E-state index < -0.39 is 0 Å². The van der Waals surface area contributed by atoms with Gasteiger partial charge in [-0.25, -0.2) is 0 Å². The standard InChI is InChI=1S/C18H38O/c1-4-5-6-7-8-9-10-12-15-18(2)16-13-11-14-17-19-3/h18H,4-17H2,1-3H3. The fourth-order valence-electron chi connectivity index (χ4n) is 2.69. The minimum Gasteiger partial charge on any atom is -0.385 e. The summed E-state index contributed by atoms with van der Waals surface area (Å²) in [7, 11) is 1.80. The van der Waals surface area contributed by atoms with E-state index in [1.807, 2.05) is 0 Å². The Morgan fingerprint density at radius 3 is 1.68 bits per heavy atom. The molecule has 1 unspecified atom stereocenters. The van der Waals surface area contributed by atoms with Gasteiger partial charge in [-0.2, -0.15) is 0 Å². The van der Waals surface area contributed by atoms with Gasteiger partial charge in [0.25, 0.3) is 0 Å². The summed E-state index contributed by atoms with van der Waals surface area (Å²) < 4.78 is 5.08. The molecule has 0 bridgehead atoms. The number of hydrogen-bond acceptors (Lipinski definition) is 1. The van der Waals surface area contributed by atoms with E-state index in [-0.39, 0.29) is 0 Å². The molecule has 116 valence electrons. The predicted octanol–water partition coefficient (Wildman–Crippen LogP) is 6.36. The topological polar surface area (TPSA) is 9.23 Å². The van der Waals surface area contributed by atoms with Gasteiger partial charge in [0.15, 0.2) is 0 Å². The van der Waals surface area contributed by atoms with Gasteiger partial charge >= 0.3 is 0 Å². The van der Waals surface area contributed by atoms with Gasteiger partial charge in [-0.05, 0) is 12.3 Å². The van der Waals surface area contributed by atoms with E-state index in [9.17, 15) is 0 Å². The van der Waals surface area contributed by atoms with Crippen molar-refractivity contribution in [2.45, 2.75) is 97.3 Å². The summed E-state index contributed by atoms with van der Waals surface area (Å²) >= 11 is 0. The van der Waals surface area contributed by atoms with Gasteiger partial charge in [-0.3, -0.25) is 0 Å². The average molecular weight is 271 g/mol. The molecule has 0 spiro atoms. The highest BCUT2D eigenvalue weighted by molar-refractivity contribution is 4.55. The lowest BCUT2D eigenvalue weighted by Gasteiger charge is -2.10. The summed E-state index contributed by atoms with van der Waals surface area (Å²) in [6, 6.07) is 0. The molecule has 0 amide bonds. The molecule has 0 heterocycles. The normalized spacial score (nSPS) is 12.8. The molecule has 0 rings (SSSR count). The first-order valence-electron chi connectivity index (χ1n) is 8.80. The van der Waals surface area contributed by atoms with Gasteiger partial charge in [0, 0.05) is 13.7 Å².